The summed E-state index contributed by atoms with van der Waals surface area (Å²) in [5.41, 5.74) is 0.216. The summed E-state index contributed by atoms with van der Waals surface area (Å²) in [4.78, 5) is 2.15. The molecule has 2 atom stereocenters. The van der Waals surface area contributed by atoms with Gasteiger partial charge < -0.3 is 10.1 Å². The number of sulfone groups is 2. The zero-order chi connectivity index (χ0) is 19.7. The van der Waals surface area contributed by atoms with E-state index in [1.54, 1.807) is 0 Å². The summed E-state index contributed by atoms with van der Waals surface area (Å²) in [7, 11) is -7.35. The molecule has 3 rings (SSSR count). The summed E-state index contributed by atoms with van der Waals surface area (Å²) < 4.78 is 69.0. The number of hydrogen-bond donors (Lipinski definition) is 1. The van der Waals surface area contributed by atoms with Crippen molar-refractivity contribution in [1.29, 1.82) is 0 Å². The molecule has 152 valence electrons. The largest absolute Gasteiger partial charge is 0.379 e. The second-order valence-corrected chi connectivity index (χ2v) is 11.4. The minimum absolute atomic E-state index is 0.0384. The minimum Gasteiger partial charge on any atom is -0.379 e. The first-order valence-corrected chi connectivity index (χ1v) is 12.3. The fraction of sp³-hybridized carbons (Fsp3) is 0.647. The van der Waals surface area contributed by atoms with Crippen LogP contribution in [0.1, 0.15) is 5.56 Å². The van der Waals surface area contributed by atoms with Crippen LogP contribution < -0.4 is 5.32 Å². The van der Waals surface area contributed by atoms with Gasteiger partial charge in [-0.15, -0.1) is 0 Å². The average Bonchev–Trinajstić information content (AvgIpc) is 2.93. The number of benzene rings is 1. The average molecular weight is 421 g/mol. The molecular weight excluding hydrogens is 395 g/mol. The third-order valence-electron chi connectivity index (χ3n) is 5.10. The fourth-order valence-electron chi connectivity index (χ4n) is 3.51. The summed E-state index contributed by atoms with van der Waals surface area (Å²) in [6.45, 7) is 5.62. The van der Waals surface area contributed by atoms with Gasteiger partial charge in [-0.2, -0.15) is 0 Å². The van der Waals surface area contributed by atoms with Crippen LogP contribution in [0.4, 0.5) is 4.39 Å². The van der Waals surface area contributed by atoms with E-state index in [1.807, 2.05) is 0 Å². The SMILES string of the molecule is Cc1cc(S(=O)(=O)[C@H]2CS(=O)(=O)C[C@@H]2NCCN2CCOCC2)ccc1F. The van der Waals surface area contributed by atoms with Crippen LogP contribution in [0.3, 0.4) is 0 Å². The van der Waals surface area contributed by atoms with Gasteiger partial charge in [-0.05, 0) is 30.7 Å². The van der Waals surface area contributed by atoms with Crippen molar-refractivity contribution in [2.45, 2.75) is 23.1 Å². The molecule has 27 heavy (non-hydrogen) atoms. The van der Waals surface area contributed by atoms with Crippen LogP contribution >= 0.6 is 0 Å². The highest BCUT2D eigenvalue weighted by molar-refractivity contribution is 7.96. The van der Waals surface area contributed by atoms with Gasteiger partial charge in [-0.25, -0.2) is 21.2 Å². The lowest BCUT2D eigenvalue weighted by atomic mass is 10.2. The van der Waals surface area contributed by atoms with Crippen molar-refractivity contribution in [2.75, 3.05) is 50.9 Å². The molecule has 2 heterocycles. The summed E-state index contributed by atoms with van der Waals surface area (Å²) in [5.74, 6) is -1.12. The van der Waals surface area contributed by atoms with E-state index in [2.05, 4.69) is 10.2 Å². The van der Waals surface area contributed by atoms with Crippen LogP contribution in [0.25, 0.3) is 0 Å². The Morgan fingerprint density at radius 3 is 2.63 bits per heavy atom. The molecule has 1 aromatic rings. The van der Waals surface area contributed by atoms with E-state index in [1.165, 1.54) is 19.1 Å². The van der Waals surface area contributed by atoms with E-state index < -0.39 is 42.5 Å². The van der Waals surface area contributed by atoms with Gasteiger partial charge in [0.1, 0.15) is 5.82 Å². The van der Waals surface area contributed by atoms with Crippen molar-refractivity contribution in [3.63, 3.8) is 0 Å². The van der Waals surface area contributed by atoms with Crippen molar-refractivity contribution in [3.8, 4) is 0 Å². The highest BCUT2D eigenvalue weighted by atomic mass is 32.2. The number of halogens is 1. The van der Waals surface area contributed by atoms with Gasteiger partial charge in [0.15, 0.2) is 19.7 Å². The van der Waals surface area contributed by atoms with Crippen LogP contribution in [0, 0.1) is 12.7 Å². The standard InChI is InChI=1S/C17H25FN2O5S2/c1-13-10-14(2-3-15(13)18)27(23,24)17-12-26(21,22)11-16(17)19-4-5-20-6-8-25-9-7-20/h2-3,10,16-17,19H,4-9,11-12H2,1H3/t16-,17-/m0/s1. The molecule has 0 aromatic heterocycles. The first-order valence-electron chi connectivity index (χ1n) is 8.93. The molecule has 1 N–H and O–H groups in total. The highest BCUT2D eigenvalue weighted by Crippen LogP contribution is 2.27. The van der Waals surface area contributed by atoms with Crippen molar-refractivity contribution in [3.05, 3.63) is 29.6 Å². The summed E-state index contributed by atoms with van der Waals surface area (Å²) in [6.07, 6.45) is 0. The molecule has 2 fully saturated rings. The predicted octanol–water partition coefficient (Wildman–Crippen LogP) is -0.00478. The first-order chi connectivity index (χ1) is 12.7. The van der Waals surface area contributed by atoms with E-state index in [0.29, 0.717) is 26.3 Å². The minimum atomic E-state index is -3.90. The predicted molar refractivity (Wildman–Crippen MR) is 99.8 cm³/mol. The van der Waals surface area contributed by atoms with Gasteiger partial charge in [0.05, 0.1) is 34.9 Å². The molecule has 2 aliphatic heterocycles. The van der Waals surface area contributed by atoms with Crippen LogP contribution in [-0.4, -0.2) is 83.9 Å². The van der Waals surface area contributed by atoms with Crippen LogP contribution in [0.15, 0.2) is 23.1 Å². The van der Waals surface area contributed by atoms with Gasteiger partial charge in [0.25, 0.3) is 0 Å². The molecule has 1 aromatic carbocycles. The third-order valence-corrected chi connectivity index (χ3v) is 9.24. The second kappa shape index (κ2) is 8.12. The second-order valence-electron chi connectivity index (χ2n) is 7.09. The zero-order valence-electron chi connectivity index (χ0n) is 15.2. The van der Waals surface area contributed by atoms with Gasteiger partial charge in [-0.3, -0.25) is 4.90 Å². The van der Waals surface area contributed by atoms with E-state index in [9.17, 15) is 21.2 Å². The molecule has 0 bridgehead atoms. The quantitative estimate of drug-likeness (QED) is 0.648. The Kier molecular flexibility index (Phi) is 6.21. The van der Waals surface area contributed by atoms with Crippen molar-refractivity contribution in [1.82, 2.24) is 10.2 Å². The molecule has 0 saturated carbocycles. The summed E-state index contributed by atoms with van der Waals surface area (Å²) >= 11 is 0. The maximum atomic E-state index is 13.5. The smallest absolute Gasteiger partial charge is 0.183 e. The molecule has 2 saturated heterocycles. The Hall–Kier alpha value is -1.07. The topological polar surface area (TPSA) is 92.8 Å². The van der Waals surface area contributed by atoms with E-state index >= 15 is 0 Å². The van der Waals surface area contributed by atoms with Gasteiger partial charge in [0.2, 0.25) is 0 Å². The van der Waals surface area contributed by atoms with Crippen LogP contribution in [0.5, 0.6) is 0 Å². The van der Waals surface area contributed by atoms with E-state index in [0.717, 1.165) is 19.2 Å². The van der Waals surface area contributed by atoms with Gasteiger partial charge in [0, 0.05) is 32.2 Å². The Morgan fingerprint density at radius 2 is 1.96 bits per heavy atom. The lowest BCUT2D eigenvalue weighted by Gasteiger charge is -2.27. The van der Waals surface area contributed by atoms with Gasteiger partial charge in [-0.1, -0.05) is 0 Å². The number of hydrogen-bond acceptors (Lipinski definition) is 7. The molecule has 0 spiro atoms. The third kappa shape index (κ3) is 4.86. The van der Waals surface area contributed by atoms with Crippen LogP contribution in [0.2, 0.25) is 0 Å². The lowest BCUT2D eigenvalue weighted by molar-refractivity contribution is 0.0382. The molecule has 0 amide bonds. The summed E-state index contributed by atoms with van der Waals surface area (Å²) in [5, 5.41) is 2.05. The maximum Gasteiger partial charge on any atom is 0.183 e. The molecule has 7 nitrogen and oxygen atoms in total. The Balaban J connectivity index is 1.73. The molecular formula is C17H25FN2O5S2. The maximum absolute atomic E-state index is 13.5. The number of rotatable bonds is 6. The molecule has 10 heteroatoms. The number of ether oxygens (including phenoxy) is 1. The zero-order valence-corrected chi connectivity index (χ0v) is 16.9. The number of aryl methyl sites for hydroxylation is 1. The monoisotopic (exact) mass is 420 g/mol. The number of nitrogens with one attached hydrogen (secondary N) is 1. The van der Waals surface area contributed by atoms with Crippen molar-refractivity contribution < 1.29 is 26.0 Å². The fourth-order valence-corrected chi connectivity index (χ4v) is 8.31. The highest BCUT2D eigenvalue weighted by Gasteiger charge is 2.45. The Morgan fingerprint density at radius 1 is 1.26 bits per heavy atom. The van der Waals surface area contributed by atoms with Gasteiger partial charge >= 0.3 is 0 Å². The number of nitrogens with zero attached hydrogens (tertiary/aromatic N) is 1. The van der Waals surface area contributed by atoms with E-state index in [4.69, 9.17) is 4.74 Å². The van der Waals surface area contributed by atoms with Crippen molar-refractivity contribution in [2.24, 2.45) is 0 Å². The molecule has 0 radical (unpaired) electrons. The van der Waals surface area contributed by atoms with Crippen molar-refractivity contribution >= 4 is 19.7 Å². The number of morpholine rings is 1. The Bertz CT molecular complexity index is 883. The normalized spacial score (nSPS) is 26.3. The molecule has 0 aliphatic carbocycles. The Labute approximate surface area is 159 Å². The summed E-state index contributed by atoms with van der Waals surface area (Å²) in [6, 6.07) is 2.90. The first kappa shape index (κ1) is 20.7. The van der Waals surface area contributed by atoms with Crippen LogP contribution in [-0.2, 0) is 24.4 Å². The molecule has 2 aliphatic rings. The molecule has 0 unspecified atom stereocenters. The van der Waals surface area contributed by atoms with E-state index in [-0.39, 0.29) is 16.2 Å². The lowest BCUT2D eigenvalue weighted by Crippen LogP contribution is -2.47.